The molecule has 1 atom stereocenters. The van der Waals surface area contributed by atoms with E-state index < -0.39 is 6.10 Å². The first-order valence-corrected chi connectivity index (χ1v) is 24.6. The van der Waals surface area contributed by atoms with Crippen molar-refractivity contribution in [3.05, 3.63) is 85.1 Å². The zero-order chi connectivity index (χ0) is 43.7. The van der Waals surface area contributed by atoms with E-state index in [0.29, 0.717) is 19.3 Å². The lowest BCUT2D eigenvalue weighted by molar-refractivity contribution is -0.166. The molecular weight excluding hydrogens is 745 g/mol. The van der Waals surface area contributed by atoms with Crippen LogP contribution in [0.15, 0.2) is 85.1 Å². The van der Waals surface area contributed by atoms with Crippen LogP contribution in [-0.4, -0.2) is 37.2 Å². The molecule has 60 heavy (non-hydrogen) atoms. The summed E-state index contributed by atoms with van der Waals surface area (Å²) >= 11 is 0. The summed E-state index contributed by atoms with van der Waals surface area (Å²) in [5, 5.41) is 0. The van der Waals surface area contributed by atoms with Crippen LogP contribution >= 0.6 is 0 Å². The van der Waals surface area contributed by atoms with Crippen molar-refractivity contribution in [2.75, 3.05) is 13.2 Å². The van der Waals surface area contributed by atoms with Crippen molar-refractivity contribution in [2.45, 2.75) is 226 Å². The predicted octanol–water partition coefficient (Wildman–Crippen LogP) is 16.0. The Labute approximate surface area is 369 Å². The van der Waals surface area contributed by atoms with Gasteiger partial charge in [-0.25, -0.2) is 0 Å². The molecule has 6 nitrogen and oxygen atoms in total. The number of allylic oxidation sites excluding steroid dienone is 14. The standard InChI is InChI=1S/C54H90O6/c1-4-7-10-13-16-19-22-24-25-26-27-28-30-32-35-38-41-44-47-53(56)59-50-51(49-58-52(55)46-43-40-37-34-31-21-18-15-12-9-6-3)60-54(57)48-45-42-39-36-33-29-23-20-17-14-11-8-5-2/h15-16,18-19,22,24-29,33,39,42,51H,4-14,17,20-21,23,30-32,34-38,40-41,43-50H2,1-3H3/b18-15-,19-16-,24-22-,26-25-,28-27-,33-29-,42-39-. The highest BCUT2D eigenvalue weighted by atomic mass is 16.6. The molecule has 0 aliphatic carbocycles. The van der Waals surface area contributed by atoms with Gasteiger partial charge in [-0.2, -0.15) is 0 Å². The van der Waals surface area contributed by atoms with Crippen molar-refractivity contribution < 1.29 is 28.6 Å². The Morgan fingerprint density at radius 3 is 1.23 bits per heavy atom. The summed E-state index contributed by atoms with van der Waals surface area (Å²) in [6.45, 7) is 6.46. The second-order valence-electron chi connectivity index (χ2n) is 16.1. The maximum Gasteiger partial charge on any atom is 0.306 e. The first-order valence-electron chi connectivity index (χ1n) is 24.6. The number of unbranched alkanes of at least 4 members (excludes halogenated alkanes) is 21. The van der Waals surface area contributed by atoms with Crippen molar-refractivity contribution in [1.82, 2.24) is 0 Å². The molecule has 0 spiro atoms. The molecule has 0 fully saturated rings. The van der Waals surface area contributed by atoms with Crippen LogP contribution in [0.2, 0.25) is 0 Å². The van der Waals surface area contributed by atoms with E-state index in [9.17, 15) is 14.4 Å². The van der Waals surface area contributed by atoms with Gasteiger partial charge >= 0.3 is 17.9 Å². The van der Waals surface area contributed by atoms with Crippen molar-refractivity contribution in [1.29, 1.82) is 0 Å². The third-order valence-electron chi connectivity index (χ3n) is 10.2. The van der Waals surface area contributed by atoms with Gasteiger partial charge in [0, 0.05) is 19.3 Å². The molecule has 0 saturated heterocycles. The van der Waals surface area contributed by atoms with Crippen LogP contribution in [0, 0.1) is 0 Å². The van der Waals surface area contributed by atoms with E-state index >= 15 is 0 Å². The van der Waals surface area contributed by atoms with Crippen molar-refractivity contribution in [3.8, 4) is 0 Å². The van der Waals surface area contributed by atoms with Crippen molar-refractivity contribution >= 4 is 17.9 Å². The van der Waals surface area contributed by atoms with E-state index in [4.69, 9.17) is 14.2 Å². The highest BCUT2D eigenvalue weighted by molar-refractivity contribution is 5.71. The molecule has 0 rings (SSSR count). The van der Waals surface area contributed by atoms with E-state index in [0.717, 1.165) is 89.9 Å². The minimum Gasteiger partial charge on any atom is -0.462 e. The average Bonchev–Trinajstić information content (AvgIpc) is 3.24. The Kier molecular flexibility index (Phi) is 45.5. The fourth-order valence-corrected chi connectivity index (χ4v) is 6.43. The number of hydrogen-bond acceptors (Lipinski definition) is 6. The zero-order valence-corrected chi connectivity index (χ0v) is 38.9. The van der Waals surface area contributed by atoms with Gasteiger partial charge in [0.2, 0.25) is 0 Å². The van der Waals surface area contributed by atoms with Gasteiger partial charge in [0.25, 0.3) is 0 Å². The Morgan fingerprint density at radius 2 is 0.717 bits per heavy atom. The fraction of sp³-hybridized carbons (Fsp3) is 0.685. The van der Waals surface area contributed by atoms with E-state index in [-0.39, 0.29) is 37.5 Å². The maximum absolute atomic E-state index is 12.7. The SMILES string of the molecule is CCCC/C=C\CCCCCCCC(=O)OCC(COC(=O)CCCCCCC\C=C/C=C\C=C/C=C\CCCCC)OC(=O)CC/C=C\C/C=C\CCCCCCCC. The van der Waals surface area contributed by atoms with E-state index in [1.165, 1.54) is 83.5 Å². The van der Waals surface area contributed by atoms with Gasteiger partial charge in [0.05, 0.1) is 0 Å². The summed E-state index contributed by atoms with van der Waals surface area (Å²) < 4.78 is 16.7. The molecule has 0 aliphatic heterocycles. The highest BCUT2D eigenvalue weighted by Gasteiger charge is 2.19. The number of ether oxygens (including phenoxy) is 3. The molecule has 0 bridgehead atoms. The lowest BCUT2D eigenvalue weighted by atomic mass is 10.1. The lowest BCUT2D eigenvalue weighted by Gasteiger charge is -2.18. The summed E-state index contributed by atoms with van der Waals surface area (Å²) in [5.74, 6) is -1.02. The summed E-state index contributed by atoms with van der Waals surface area (Å²) in [7, 11) is 0. The summed E-state index contributed by atoms with van der Waals surface area (Å²) in [6, 6.07) is 0. The van der Waals surface area contributed by atoms with E-state index in [1.54, 1.807) is 0 Å². The van der Waals surface area contributed by atoms with Gasteiger partial charge in [-0.15, -0.1) is 0 Å². The van der Waals surface area contributed by atoms with Gasteiger partial charge in [-0.05, 0) is 83.5 Å². The molecule has 1 unspecified atom stereocenters. The van der Waals surface area contributed by atoms with Crippen LogP contribution in [0.4, 0.5) is 0 Å². The van der Waals surface area contributed by atoms with E-state index in [2.05, 4.69) is 99.8 Å². The zero-order valence-electron chi connectivity index (χ0n) is 38.9. The van der Waals surface area contributed by atoms with Gasteiger partial charge in [-0.1, -0.05) is 202 Å². The quantitative estimate of drug-likeness (QED) is 0.0200. The summed E-state index contributed by atoms with van der Waals surface area (Å²) in [5.41, 5.74) is 0. The Morgan fingerprint density at radius 1 is 0.350 bits per heavy atom. The normalized spacial score (nSPS) is 12.8. The smallest absolute Gasteiger partial charge is 0.306 e. The number of carbonyl (C=O) groups is 3. The average molecular weight is 835 g/mol. The predicted molar refractivity (Wildman–Crippen MR) is 256 cm³/mol. The van der Waals surface area contributed by atoms with E-state index in [1.807, 2.05) is 6.08 Å². The topological polar surface area (TPSA) is 78.9 Å². The molecule has 0 heterocycles. The monoisotopic (exact) mass is 835 g/mol. The first kappa shape index (κ1) is 56.6. The Hall–Kier alpha value is -3.41. The van der Waals surface area contributed by atoms with Crippen LogP contribution in [0.3, 0.4) is 0 Å². The van der Waals surface area contributed by atoms with Crippen molar-refractivity contribution in [2.24, 2.45) is 0 Å². The Bertz CT molecular complexity index is 1190. The van der Waals surface area contributed by atoms with Crippen LogP contribution in [0.25, 0.3) is 0 Å². The van der Waals surface area contributed by atoms with Gasteiger partial charge in [-0.3, -0.25) is 14.4 Å². The molecule has 0 aliphatic rings. The Balaban J connectivity index is 4.49. The van der Waals surface area contributed by atoms with Gasteiger partial charge in [0.1, 0.15) is 13.2 Å². The molecule has 0 aromatic carbocycles. The number of esters is 3. The molecule has 0 N–H and O–H groups in total. The van der Waals surface area contributed by atoms with Gasteiger partial charge in [0.15, 0.2) is 6.10 Å². The highest BCUT2D eigenvalue weighted by Crippen LogP contribution is 2.12. The third kappa shape index (κ3) is 45.7. The third-order valence-corrected chi connectivity index (χ3v) is 10.2. The van der Waals surface area contributed by atoms with Crippen LogP contribution in [-0.2, 0) is 28.6 Å². The number of hydrogen-bond donors (Lipinski definition) is 0. The number of rotatable bonds is 43. The van der Waals surface area contributed by atoms with Crippen LogP contribution < -0.4 is 0 Å². The molecule has 0 radical (unpaired) electrons. The first-order chi connectivity index (χ1) is 29.5. The maximum atomic E-state index is 12.7. The lowest BCUT2D eigenvalue weighted by Crippen LogP contribution is -2.30. The minimum absolute atomic E-state index is 0.112. The molecule has 0 aromatic heterocycles. The second-order valence-corrected chi connectivity index (χ2v) is 16.1. The van der Waals surface area contributed by atoms with Crippen LogP contribution in [0.5, 0.6) is 0 Å². The second kappa shape index (κ2) is 48.3. The largest absolute Gasteiger partial charge is 0.462 e. The fourth-order valence-electron chi connectivity index (χ4n) is 6.43. The van der Waals surface area contributed by atoms with Crippen LogP contribution in [0.1, 0.15) is 220 Å². The molecule has 342 valence electrons. The molecule has 6 heteroatoms. The molecule has 0 saturated carbocycles. The molecule has 0 amide bonds. The minimum atomic E-state index is -0.819. The summed E-state index contributed by atoms with van der Waals surface area (Å²) in [4.78, 5) is 37.8. The van der Waals surface area contributed by atoms with Crippen molar-refractivity contribution in [3.63, 3.8) is 0 Å². The summed E-state index contributed by atoms with van der Waals surface area (Å²) in [6.07, 6.45) is 61.4. The van der Waals surface area contributed by atoms with Gasteiger partial charge < -0.3 is 14.2 Å². The molecule has 0 aromatic rings. The molecular formula is C54H90O6. The number of carbonyl (C=O) groups excluding carboxylic acids is 3.